The highest BCUT2D eigenvalue weighted by molar-refractivity contribution is 6.30. The minimum absolute atomic E-state index is 0.185. The van der Waals surface area contributed by atoms with Crippen LogP contribution in [-0.4, -0.2) is 17.5 Å². The van der Waals surface area contributed by atoms with Gasteiger partial charge in [-0.25, -0.2) is 0 Å². The van der Waals surface area contributed by atoms with Crippen LogP contribution >= 0.6 is 11.6 Å². The molecule has 4 heteroatoms. The summed E-state index contributed by atoms with van der Waals surface area (Å²) in [5, 5.41) is 0.720. The smallest absolute Gasteiger partial charge is 0.125 e. The number of rotatable bonds is 3. The molecule has 0 N–H and O–H groups in total. The lowest BCUT2D eigenvalue weighted by atomic mass is 10.2. The third kappa shape index (κ3) is 3.00. The molecule has 0 unspecified atom stereocenters. The van der Waals surface area contributed by atoms with E-state index in [1.165, 1.54) is 5.56 Å². The number of hydrogen-bond donors (Lipinski definition) is 0. The molecule has 2 heterocycles. The Morgan fingerprint density at radius 3 is 3.00 bits per heavy atom. The Morgan fingerprint density at radius 1 is 1.35 bits per heavy atom. The lowest BCUT2D eigenvalue weighted by Crippen LogP contribution is -2.31. The Balaban J connectivity index is 1.84. The fraction of sp³-hybridized carbons (Fsp3) is 0.375. The molecular formula is C16H18ClNO2. The Bertz CT molecular complexity index is 568. The van der Waals surface area contributed by atoms with Crippen molar-refractivity contribution in [3.05, 3.63) is 52.9 Å². The Hall–Kier alpha value is -1.45. The third-order valence-corrected chi connectivity index (χ3v) is 3.83. The van der Waals surface area contributed by atoms with Gasteiger partial charge in [0.05, 0.1) is 12.8 Å². The van der Waals surface area contributed by atoms with E-state index >= 15 is 0 Å². The van der Waals surface area contributed by atoms with E-state index in [2.05, 4.69) is 11.8 Å². The van der Waals surface area contributed by atoms with Crippen LogP contribution in [0.5, 0.6) is 5.75 Å². The van der Waals surface area contributed by atoms with E-state index in [0.29, 0.717) is 0 Å². The molecule has 0 radical (unpaired) electrons. The molecule has 20 heavy (non-hydrogen) atoms. The number of nitrogens with zero attached hydrogens (tertiary/aromatic N) is 1. The average molecular weight is 292 g/mol. The number of halogens is 1. The van der Waals surface area contributed by atoms with E-state index in [4.69, 9.17) is 20.8 Å². The molecule has 1 atom stereocenters. The molecular weight excluding hydrogens is 274 g/mol. The van der Waals surface area contributed by atoms with Crippen LogP contribution in [0.1, 0.15) is 24.7 Å². The summed E-state index contributed by atoms with van der Waals surface area (Å²) in [6, 6.07) is 9.81. The predicted octanol–water partition coefficient (Wildman–Crippen LogP) is 4.11. The third-order valence-electron chi connectivity index (χ3n) is 3.59. The summed E-state index contributed by atoms with van der Waals surface area (Å²) in [5.41, 5.74) is 1.18. The minimum atomic E-state index is 0.185. The van der Waals surface area contributed by atoms with Crippen molar-refractivity contribution < 1.29 is 9.15 Å². The second kappa shape index (κ2) is 5.90. The van der Waals surface area contributed by atoms with Gasteiger partial charge in [0.25, 0.3) is 0 Å². The van der Waals surface area contributed by atoms with Gasteiger partial charge in [0.2, 0.25) is 0 Å². The quantitative estimate of drug-likeness (QED) is 0.851. The maximum atomic E-state index is 6.08. The molecule has 1 aromatic heterocycles. The predicted molar refractivity (Wildman–Crippen MR) is 79.0 cm³/mol. The molecule has 1 aromatic carbocycles. The highest BCUT2D eigenvalue weighted by Gasteiger charge is 2.22. The van der Waals surface area contributed by atoms with Crippen LogP contribution in [0.3, 0.4) is 0 Å². The zero-order valence-electron chi connectivity index (χ0n) is 11.5. The maximum Gasteiger partial charge on any atom is 0.125 e. The van der Waals surface area contributed by atoms with Crippen molar-refractivity contribution in [1.29, 1.82) is 0 Å². The fourth-order valence-electron chi connectivity index (χ4n) is 2.53. The highest BCUT2D eigenvalue weighted by Crippen LogP contribution is 2.29. The summed E-state index contributed by atoms with van der Waals surface area (Å²) in [6.45, 7) is 4.69. The molecule has 0 saturated heterocycles. The van der Waals surface area contributed by atoms with Crippen LogP contribution in [0.4, 0.5) is 0 Å². The molecule has 0 fully saturated rings. The lowest BCUT2D eigenvalue weighted by Gasteiger charge is -2.22. The molecule has 0 saturated carbocycles. The number of furan rings is 1. The van der Waals surface area contributed by atoms with E-state index in [-0.39, 0.29) is 6.10 Å². The second-order valence-corrected chi connectivity index (χ2v) is 5.59. The van der Waals surface area contributed by atoms with Crippen molar-refractivity contribution in [2.24, 2.45) is 0 Å². The molecule has 1 aliphatic heterocycles. The summed E-state index contributed by atoms with van der Waals surface area (Å²) in [6.07, 6.45) is 2.87. The van der Waals surface area contributed by atoms with Gasteiger partial charge in [-0.15, -0.1) is 0 Å². The number of ether oxygens (including phenoxy) is 1. The molecule has 0 aliphatic carbocycles. The monoisotopic (exact) mass is 291 g/mol. The van der Waals surface area contributed by atoms with Gasteiger partial charge in [-0.1, -0.05) is 24.6 Å². The zero-order chi connectivity index (χ0) is 13.9. The van der Waals surface area contributed by atoms with Gasteiger partial charge in [-0.2, -0.15) is 0 Å². The first-order valence-electron chi connectivity index (χ1n) is 6.94. The number of benzene rings is 1. The minimum Gasteiger partial charge on any atom is -0.489 e. The van der Waals surface area contributed by atoms with Crippen LogP contribution in [0, 0.1) is 0 Å². The Morgan fingerprint density at radius 2 is 2.25 bits per heavy atom. The van der Waals surface area contributed by atoms with E-state index in [1.807, 2.05) is 30.3 Å². The van der Waals surface area contributed by atoms with Gasteiger partial charge < -0.3 is 9.15 Å². The fourth-order valence-corrected chi connectivity index (χ4v) is 2.70. The standard InChI is InChI=1S/C16H18ClNO2/c1-2-14-10-18(11-15-4-3-7-19-15)9-12-5-6-13(17)8-16(12)20-14/h3-8,14H,2,9-11H2,1H3/t14-/m1/s1. The van der Waals surface area contributed by atoms with Gasteiger partial charge in [-0.05, 0) is 30.7 Å². The van der Waals surface area contributed by atoms with E-state index in [0.717, 1.165) is 42.6 Å². The molecule has 3 nitrogen and oxygen atoms in total. The van der Waals surface area contributed by atoms with Crippen molar-refractivity contribution in [1.82, 2.24) is 4.90 Å². The number of fused-ring (bicyclic) bond motifs is 1. The van der Waals surface area contributed by atoms with Crippen LogP contribution in [-0.2, 0) is 13.1 Å². The zero-order valence-corrected chi connectivity index (χ0v) is 12.3. The number of hydrogen-bond acceptors (Lipinski definition) is 3. The maximum absolute atomic E-state index is 6.08. The molecule has 106 valence electrons. The van der Waals surface area contributed by atoms with Crippen LogP contribution in [0.15, 0.2) is 41.0 Å². The molecule has 0 spiro atoms. The molecule has 3 rings (SSSR count). The average Bonchev–Trinajstić information content (AvgIpc) is 2.86. The second-order valence-electron chi connectivity index (χ2n) is 5.15. The topological polar surface area (TPSA) is 25.6 Å². The first-order valence-corrected chi connectivity index (χ1v) is 7.32. The van der Waals surface area contributed by atoms with Gasteiger partial charge in [0, 0.05) is 23.7 Å². The highest BCUT2D eigenvalue weighted by atomic mass is 35.5. The largest absolute Gasteiger partial charge is 0.489 e. The lowest BCUT2D eigenvalue weighted by molar-refractivity contribution is 0.134. The van der Waals surface area contributed by atoms with Crippen molar-refractivity contribution in [2.75, 3.05) is 6.54 Å². The first kappa shape index (κ1) is 13.5. The Kier molecular flexibility index (Phi) is 3.99. The summed E-state index contributed by atoms with van der Waals surface area (Å²) in [7, 11) is 0. The van der Waals surface area contributed by atoms with Crippen molar-refractivity contribution in [3.63, 3.8) is 0 Å². The van der Waals surface area contributed by atoms with E-state index < -0.39 is 0 Å². The van der Waals surface area contributed by atoms with E-state index in [1.54, 1.807) is 6.26 Å². The summed E-state index contributed by atoms with van der Waals surface area (Å²) >= 11 is 6.06. The van der Waals surface area contributed by atoms with Gasteiger partial charge in [-0.3, -0.25) is 4.90 Å². The van der Waals surface area contributed by atoms with Gasteiger partial charge in [0.15, 0.2) is 0 Å². The molecule has 2 aromatic rings. The van der Waals surface area contributed by atoms with Gasteiger partial charge in [0.1, 0.15) is 17.6 Å². The van der Waals surface area contributed by atoms with Crippen molar-refractivity contribution in [3.8, 4) is 5.75 Å². The van der Waals surface area contributed by atoms with Crippen LogP contribution in [0.25, 0.3) is 0 Å². The normalized spacial score (nSPS) is 19.2. The van der Waals surface area contributed by atoms with E-state index in [9.17, 15) is 0 Å². The molecule has 0 bridgehead atoms. The van der Waals surface area contributed by atoms with Crippen LogP contribution < -0.4 is 4.74 Å². The summed E-state index contributed by atoms with van der Waals surface area (Å²) in [4.78, 5) is 2.35. The first-order chi connectivity index (χ1) is 9.74. The van der Waals surface area contributed by atoms with Gasteiger partial charge >= 0.3 is 0 Å². The van der Waals surface area contributed by atoms with Crippen LogP contribution in [0.2, 0.25) is 5.02 Å². The molecule has 0 amide bonds. The Labute approximate surface area is 124 Å². The SMILES string of the molecule is CC[C@@H]1CN(Cc2ccco2)Cc2ccc(Cl)cc2O1. The van der Waals surface area contributed by atoms with Crippen molar-refractivity contribution >= 4 is 11.6 Å². The summed E-state index contributed by atoms with van der Waals surface area (Å²) < 4.78 is 11.5. The molecule has 1 aliphatic rings. The van der Waals surface area contributed by atoms with Crippen molar-refractivity contribution in [2.45, 2.75) is 32.5 Å². The summed E-state index contributed by atoms with van der Waals surface area (Å²) in [5.74, 6) is 1.89.